The predicted molar refractivity (Wildman–Crippen MR) is 78.9 cm³/mol. The molecule has 7 nitrogen and oxygen atoms in total. The number of rotatable bonds is 3. The molecule has 122 valence electrons. The zero-order chi connectivity index (χ0) is 16.3. The number of carboxylic acids is 1. The van der Waals surface area contributed by atoms with E-state index in [-0.39, 0.29) is 24.5 Å². The van der Waals surface area contributed by atoms with E-state index >= 15 is 0 Å². The molecule has 1 fully saturated rings. The quantitative estimate of drug-likeness (QED) is 0.797. The van der Waals surface area contributed by atoms with Crippen LogP contribution < -0.4 is 5.32 Å². The molecule has 0 radical (unpaired) electrons. The average Bonchev–Trinajstić information content (AvgIpc) is 2.47. The topological polar surface area (TPSA) is 104 Å². The highest BCUT2D eigenvalue weighted by Gasteiger charge is 2.31. The minimum absolute atomic E-state index is 0.0421. The molecule has 21 heavy (non-hydrogen) atoms. The largest absolute Gasteiger partial charge is 0.481 e. The fraction of sp³-hybridized carbons (Fsp3) is 0.846. The summed E-state index contributed by atoms with van der Waals surface area (Å²) in [5.74, 6) is -0.928. The Labute approximate surface area is 125 Å². The number of aliphatic carboxylic acids is 1. The Kier molecular flexibility index (Phi) is 5.61. The maximum absolute atomic E-state index is 12.2. The summed E-state index contributed by atoms with van der Waals surface area (Å²) < 4.78 is 23.1. The van der Waals surface area contributed by atoms with Gasteiger partial charge in [0.25, 0.3) is 0 Å². The molecule has 0 aliphatic carbocycles. The Morgan fingerprint density at radius 2 is 1.86 bits per heavy atom. The van der Waals surface area contributed by atoms with Crippen LogP contribution >= 0.6 is 0 Å². The lowest BCUT2D eigenvalue weighted by atomic mass is 9.85. The van der Waals surface area contributed by atoms with Crippen molar-refractivity contribution in [3.05, 3.63) is 0 Å². The number of carboxylic acid groups (broad SMARTS) is 1. The molecular formula is C13H24N2O5S. The first-order valence-corrected chi connectivity index (χ1v) is 8.81. The highest BCUT2D eigenvalue weighted by Crippen LogP contribution is 2.22. The van der Waals surface area contributed by atoms with E-state index in [1.165, 1.54) is 4.90 Å². The van der Waals surface area contributed by atoms with Crippen molar-refractivity contribution in [2.24, 2.45) is 5.41 Å². The van der Waals surface area contributed by atoms with Gasteiger partial charge in [-0.05, 0) is 11.8 Å². The van der Waals surface area contributed by atoms with Crippen LogP contribution in [0.4, 0.5) is 4.79 Å². The fourth-order valence-electron chi connectivity index (χ4n) is 2.13. The Morgan fingerprint density at radius 1 is 1.24 bits per heavy atom. The molecule has 1 aliphatic heterocycles. The van der Waals surface area contributed by atoms with E-state index in [1.54, 1.807) is 0 Å². The highest BCUT2D eigenvalue weighted by atomic mass is 32.2. The maximum Gasteiger partial charge on any atom is 0.317 e. The molecule has 1 unspecified atom stereocenters. The first-order valence-electron chi connectivity index (χ1n) is 6.99. The van der Waals surface area contributed by atoms with Crippen LogP contribution in [0.2, 0.25) is 0 Å². The van der Waals surface area contributed by atoms with Crippen LogP contribution in [-0.4, -0.2) is 61.1 Å². The van der Waals surface area contributed by atoms with Gasteiger partial charge in [-0.3, -0.25) is 4.79 Å². The van der Waals surface area contributed by atoms with E-state index in [1.807, 2.05) is 20.8 Å². The molecule has 0 saturated carbocycles. The first-order chi connectivity index (χ1) is 9.51. The van der Waals surface area contributed by atoms with Gasteiger partial charge < -0.3 is 15.3 Å². The van der Waals surface area contributed by atoms with Gasteiger partial charge >= 0.3 is 12.0 Å². The lowest BCUT2D eigenvalue weighted by molar-refractivity contribution is -0.138. The van der Waals surface area contributed by atoms with Crippen LogP contribution in [0, 0.1) is 5.41 Å². The van der Waals surface area contributed by atoms with Gasteiger partial charge in [0.15, 0.2) is 9.84 Å². The van der Waals surface area contributed by atoms with Crippen molar-refractivity contribution in [3.8, 4) is 0 Å². The lowest BCUT2D eigenvalue weighted by Crippen LogP contribution is -2.51. The molecule has 1 aliphatic rings. The third kappa shape index (κ3) is 5.91. The molecule has 0 spiro atoms. The van der Waals surface area contributed by atoms with Gasteiger partial charge in [-0.15, -0.1) is 0 Å². The summed E-state index contributed by atoms with van der Waals surface area (Å²) in [6, 6.07) is -0.907. The van der Waals surface area contributed by atoms with Crippen molar-refractivity contribution in [2.75, 3.05) is 24.6 Å². The van der Waals surface area contributed by atoms with Crippen molar-refractivity contribution in [1.82, 2.24) is 10.2 Å². The second-order valence-electron chi connectivity index (χ2n) is 6.46. The number of nitrogens with one attached hydrogen (secondary N) is 1. The monoisotopic (exact) mass is 320 g/mol. The lowest BCUT2D eigenvalue weighted by Gasteiger charge is -2.32. The summed E-state index contributed by atoms with van der Waals surface area (Å²) >= 11 is 0. The van der Waals surface area contributed by atoms with Gasteiger partial charge in [-0.1, -0.05) is 20.8 Å². The number of amides is 2. The Balaban J connectivity index is 2.71. The Morgan fingerprint density at radius 3 is 2.38 bits per heavy atom. The SMILES string of the molecule is CC(C)(C)C(CC(=O)O)NC(=O)N1CCCS(=O)(=O)CC1. The molecule has 1 rings (SSSR count). The van der Waals surface area contributed by atoms with Crippen molar-refractivity contribution >= 4 is 21.8 Å². The van der Waals surface area contributed by atoms with Crippen LogP contribution in [0.3, 0.4) is 0 Å². The molecule has 1 saturated heterocycles. The molecular weight excluding hydrogens is 296 g/mol. The molecule has 2 amide bonds. The maximum atomic E-state index is 12.2. The minimum atomic E-state index is -3.08. The van der Waals surface area contributed by atoms with Crippen LogP contribution in [0.15, 0.2) is 0 Å². The Bertz CT molecular complexity index is 495. The summed E-state index contributed by atoms with van der Waals surface area (Å²) in [6.45, 7) is 6.09. The molecule has 1 heterocycles. The van der Waals surface area contributed by atoms with Gasteiger partial charge in [-0.2, -0.15) is 0 Å². The van der Waals surface area contributed by atoms with E-state index in [4.69, 9.17) is 5.11 Å². The third-order valence-electron chi connectivity index (χ3n) is 3.56. The zero-order valence-electron chi connectivity index (χ0n) is 12.8. The van der Waals surface area contributed by atoms with Crippen LogP contribution in [0.25, 0.3) is 0 Å². The molecule has 0 aromatic rings. The number of urea groups is 1. The van der Waals surface area contributed by atoms with E-state index in [9.17, 15) is 18.0 Å². The van der Waals surface area contributed by atoms with Crippen LogP contribution in [0.1, 0.15) is 33.6 Å². The van der Waals surface area contributed by atoms with Gasteiger partial charge in [0, 0.05) is 19.1 Å². The molecule has 0 aromatic heterocycles. The predicted octanol–water partition coefficient (Wildman–Crippen LogP) is 0.706. The minimum Gasteiger partial charge on any atom is -0.481 e. The smallest absolute Gasteiger partial charge is 0.317 e. The van der Waals surface area contributed by atoms with E-state index in [0.29, 0.717) is 13.0 Å². The van der Waals surface area contributed by atoms with Crippen molar-refractivity contribution < 1.29 is 23.1 Å². The van der Waals surface area contributed by atoms with Crippen LogP contribution in [-0.2, 0) is 14.6 Å². The second kappa shape index (κ2) is 6.64. The second-order valence-corrected chi connectivity index (χ2v) is 8.76. The summed E-state index contributed by atoms with van der Waals surface area (Å²) in [4.78, 5) is 24.6. The van der Waals surface area contributed by atoms with Crippen LogP contribution in [0.5, 0.6) is 0 Å². The highest BCUT2D eigenvalue weighted by molar-refractivity contribution is 7.91. The third-order valence-corrected chi connectivity index (χ3v) is 5.28. The number of nitrogens with zero attached hydrogens (tertiary/aromatic N) is 1. The molecule has 1 atom stereocenters. The molecule has 2 N–H and O–H groups in total. The fourth-order valence-corrected chi connectivity index (χ4v) is 3.40. The average molecular weight is 320 g/mol. The molecule has 8 heteroatoms. The van der Waals surface area contributed by atoms with Gasteiger partial charge in [-0.25, -0.2) is 13.2 Å². The molecule has 0 aromatic carbocycles. The number of hydrogen-bond acceptors (Lipinski definition) is 4. The number of carbonyl (C=O) groups is 2. The van der Waals surface area contributed by atoms with Crippen molar-refractivity contribution in [2.45, 2.75) is 39.7 Å². The first kappa shape index (κ1) is 17.7. The normalized spacial score (nSPS) is 20.4. The number of hydrogen-bond donors (Lipinski definition) is 2. The number of carbonyl (C=O) groups excluding carboxylic acids is 1. The van der Waals surface area contributed by atoms with Gasteiger partial charge in [0.05, 0.1) is 17.9 Å². The molecule has 0 bridgehead atoms. The Hall–Kier alpha value is -1.31. The van der Waals surface area contributed by atoms with Gasteiger partial charge in [0.2, 0.25) is 0 Å². The van der Waals surface area contributed by atoms with Gasteiger partial charge in [0.1, 0.15) is 0 Å². The standard InChI is InChI=1S/C13H24N2O5S/c1-13(2,3)10(9-11(16)17)14-12(18)15-5-4-7-21(19,20)8-6-15/h10H,4-9H2,1-3H3,(H,14,18)(H,16,17). The van der Waals surface area contributed by atoms with E-state index in [2.05, 4.69) is 5.32 Å². The van der Waals surface area contributed by atoms with Crippen molar-refractivity contribution in [3.63, 3.8) is 0 Å². The number of sulfone groups is 1. The van der Waals surface area contributed by atoms with E-state index < -0.39 is 33.3 Å². The zero-order valence-corrected chi connectivity index (χ0v) is 13.6. The summed E-state index contributed by atoms with van der Waals surface area (Å²) in [7, 11) is -3.08. The summed E-state index contributed by atoms with van der Waals surface area (Å²) in [6.07, 6.45) is 0.246. The van der Waals surface area contributed by atoms with E-state index in [0.717, 1.165) is 0 Å². The summed E-state index contributed by atoms with van der Waals surface area (Å²) in [5, 5.41) is 11.7. The van der Waals surface area contributed by atoms with Crippen molar-refractivity contribution in [1.29, 1.82) is 0 Å². The summed E-state index contributed by atoms with van der Waals surface area (Å²) in [5.41, 5.74) is -0.397.